The van der Waals surface area contributed by atoms with Crippen LogP contribution in [0.3, 0.4) is 0 Å². The highest BCUT2D eigenvalue weighted by Crippen LogP contribution is 2.32. The maximum Gasteiger partial charge on any atom is 0.306 e. The van der Waals surface area contributed by atoms with E-state index in [-0.39, 0.29) is 17.7 Å². The number of carboxylic acids is 1. The highest BCUT2D eigenvalue weighted by molar-refractivity contribution is 5.81. The highest BCUT2D eigenvalue weighted by Gasteiger charge is 2.36. The Morgan fingerprint density at radius 3 is 2.20 bits per heavy atom. The largest absolute Gasteiger partial charge is 0.481 e. The van der Waals surface area contributed by atoms with Crippen LogP contribution in [0.4, 0.5) is 0 Å². The number of hydrogen-bond donors (Lipinski definition) is 1. The molecule has 1 heterocycles. The molecule has 0 aromatic carbocycles. The lowest BCUT2D eigenvalue weighted by atomic mass is 10.0. The van der Waals surface area contributed by atoms with Crippen molar-refractivity contribution in [2.45, 2.75) is 33.1 Å². The third-order valence-corrected chi connectivity index (χ3v) is 4.44. The van der Waals surface area contributed by atoms with E-state index in [9.17, 15) is 9.59 Å². The predicted molar refractivity (Wildman–Crippen MR) is 76.3 cm³/mol. The summed E-state index contributed by atoms with van der Waals surface area (Å²) in [6, 6.07) is 0. The highest BCUT2D eigenvalue weighted by atomic mass is 16.4. The van der Waals surface area contributed by atoms with Crippen molar-refractivity contribution in [3.8, 4) is 0 Å². The van der Waals surface area contributed by atoms with Crippen molar-refractivity contribution in [2.75, 3.05) is 32.7 Å². The van der Waals surface area contributed by atoms with Crippen LogP contribution in [0.25, 0.3) is 0 Å². The molecule has 1 N–H and O–H groups in total. The van der Waals surface area contributed by atoms with Crippen LogP contribution in [0.2, 0.25) is 0 Å². The minimum absolute atomic E-state index is 0.0623. The van der Waals surface area contributed by atoms with Crippen LogP contribution in [-0.2, 0) is 9.59 Å². The molecule has 20 heavy (non-hydrogen) atoms. The van der Waals surface area contributed by atoms with Gasteiger partial charge in [-0.05, 0) is 25.2 Å². The van der Waals surface area contributed by atoms with E-state index in [0.29, 0.717) is 18.8 Å². The molecule has 1 aliphatic carbocycles. The van der Waals surface area contributed by atoms with Gasteiger partial charge < -0.3 is 10.0 Å². The van der Waals surface area contributed by atoms with Gasteiger partial charge in [-0.3, -0.25) is 14.5 Å². The van der Waals surface area contributed by atoms with Crippen molar-refractivity contribution >= 4 is 11.9 Å². The number of nitrogens with zero attached hydrogens (tertiary/aromatic N) is 2. The third kappa shape index (κ3) is 3.72. The molecule has 5 heteroatoms. The van der Waals surface area contributed by atoms with Gasteiger partial charge in [-0.1, -0.05) is 13.8 Å². The Bertz CT molecular complexity index is 362. The van der Waals surface area contributed by atoms with E-state index >= 15 is 0 Å². The fourth-order valence-corrected chi connectivity index (χ4v) is 3.36. The predicted octanol–water partition coefficient (Wildman–Crippen LogP) is 1.29. The Hall–Kier alpha value is -1.10. The van der Waals surface area contributed by atoms with E-state index in [2.05, 4.69) is 18.7 Å². The molecule has 1 aliphatic heterocycles. The summed E-state index contributed by atoms with van der Waals surface area (Å²) >= 11 is 0. The van der Waals surface area contributed by atoms with Crippen LogP contribution >= 0.6 is 0 Å². The smallest absolute Gasteiger partial charge is 0.306 e. The van der Waals surface area contributed by atoms with Crippen LogP contribution in [0.15, 0.2) is 0 Å². The zero-order valence-corrected chi connectivity index (χ0v) is 12.5. The topological polar surface area (TPSA) is 60.9 Å². The number of piperazine rings is 1. The average Bonchev–Trinajstić information content (AvgIpc) is 2.88. The Morgan fingerprint density at radius 2 is 1.70 bits per heavy atom. The first-order chi connectivity index (χ1) is 9.47. The Balaban J connectivity index is 1.79. The number of hydrogen-bond acceptors (Lipinski definition) is 3. The minimum atomic E-state index is -0.748. The standard InChI is InChI=1S/C15H26N2O3/c1-11(2)10-16-5-7-17(8-6-16)14(18)12-3-4-13(9-12)15(19)20/h11-13H,3-10H2,1-2H3,(H,19,20). The minimum Gasteiger partial charge on any atom is -0.481 e. The molecule has 1 amide bonds. The summed E-state index contributed by atoms with van der Waals surface area (Å²) in [4.78, 5) is 27.7. The zero-order chi connectivity index (χ0) is 14.7. The Labute approximate surface area is 120 Å². The van der Waals surface area contributed by atoms with E-state index in [4.69, 9.17) is 5.11 Å². The molecule has 2 rings (SSSR count). The number of aliphatic carboxylic acids is 1. The van der Waals surface area contributed by atoms with Crippen LogP contribution in [-0.4, -0.2) is 59.5 Å². The molecule has 1 saturated carbocycles. The second-order valence-corrected chi connectivity index (χ2v) is 6.56. The van der Waals surface area contributed by atoms with Gasteiger partial charge in [0.2, 0.25) is 5.91 Å². The molecular formula is C15H26N2O3. The molecule has 0 spiro atoms. The van der Waals surface area contributed by atoms with E-state index in [0.717, 1.165) is 39.1 Å². The molecule has 5 nitrogen and oxygen atoms in total. The fourth-order valence-electron chi connectivity index (χ4n) is 3.36. The maximum atomic E-state index is 12.4. The first-order valence-electron chi connectivity index (χ1n) is 7.71. The summed E-state index contributed by atoms with van der Waals surface area (Å²) in [6.45, 7) is 8.98. The Kier molecular flexibility index (Phi) is 5.02. The first-order valence-corrected chi connectivity index (χ1v) is 7.71. The SMILES string of the molecule is CC(C)CN1CCN(C(=O)C2CCC(C(=O)O)C2)CC1. The second kappa shape index (κ2) is 6.57. The van der Waals surface area contributed by atoms with Gasteiger partial charge in [0.05, 0.1) is 5.92 Å². The quantitative estimate of drug-likeness (QED) is 0.844. The van der Waals surface area contributed by atoms with Crippen molar-refractivity contribution in [1.29, 1.82) is 0 Å². The van der Waals surface area contributed by atoms with Crippen molar-refractivity contribution in [3.05, 3.63) is 0 Å². The van der Waals surface area contributed by atoms with Crippen LogP contribution in [0.1, 0.15) is 33.1 Å². The molecule has 0 radical (unpaired) electrons. The number of carbonyl (C=O) groups excluding carboxylic acids is 1. The summed E-state index contributed by atoms with van der Waals surface area (Å²) in [5.41, 5.74) is 0. The normalized spacial score (nSPS) is 28.1. The van der Waals surface area contributed by atoms with Gasteiger partial charge in [-0.25, -0.2) is 0 Å². The second-order valence-electron chi connectivity index (χ2n) is 6.56. The molecule has 114 valence electrons. The van der Waals surface area contributed by atoms with Crippen molar-refractivity contribution in [2.24, 2.45) is 17.8 Å². The lowest BCUT2D eigenvalue weighted by molar-refractivity contribution is -0.142. The fraction of sp³-hybridized carbons (Fsp3) is 0.867. The molecule has 2 unspecified atom stereocenters. The summed E-state index contributed by atoms with van der Waals surface area (Å²) < 4.78 is 0. The van der Waals surface area contributed by atoms with Crippen LogP contribution in [0.5, 0.6) is 0 Å². The molecular weight excluding hydrogens is 256 g/mol. The van der Waals surface area contributed by atoms with Gasteiger partial charge >= 0.3 is 5.97 Å². The van der Waals surface area contributed by atoms with E-state index < -0.39 is 5.97 Å². The molecule has 0 aromatic heterocycles. The first kappa shape index (κ1) is 15.3. The van der Waals surface area contributed by atoms with Gasteiger partial charge in [-0.15, -0.1) is 0 Å². The van der Waals surface area contributed by atoms with E-state index in [1.807, 2.05) is 4.90 Å². The summed E-state index contributed by atoms with van der Waals surface area (Å²) in [5.74, 6) is -0.290. The monoisotopic (exact) mass is 282 g/mol. The van der Waals surface area contributed by atoms with Crippen molar-refractivity contribution in [1.82, 2.24) is 9.80 Å². The molecule has 2 fully saturated rings. The lowest BCUT2D eigenvalue weighted by Gasteiger charge is -2.36. The summed E-state index contributed by atoms with van der Waals surface area (Å²) in [6.07, 6.45) is 1.92. The molecule has 0 aromatic rings. The van der Waals surface area contributed by atoms with Gasteiger partial charge in [0.1, 0.15) is 0 Å². The molecule has 2 atom stereocenters. The lowest BCUT2D eigenvalue weighted by Crippen LogP contribution is -2.50. The summed E-state index contributed by atoms with van der Waals surface area (Å²) in [7, 11) is 0. The van der Waals surface area contributed by atoms with Gasteiger partial charge in [0.15, 0.2) is 0 Å². The van der Waals surface area contributed by atoms with Gasteiger partial charge in [0.25, 0.3) is 0 Å². The van der Waals surface area contributed by atoms with Gasteiger partial charge in [0, 0.05) is 38.6 Å². The van der Waals surface area contributed by atoms with Crippen LogP contribution in [0, 0.1) is 17.8 Å². The number of amides is 1. The van der Waals surface area contributed by atoms with Crippen molar-refractivity contribution in [3.63, 3.8) is 0 Å². The number of rotatable bonds is 4. The molecule has 2 aliphatic rings. The zero-order valence-electron chi connectivity index (χ0n) is 12.5. The van der Waals surface area contributed by atoms with Gasteiger partial charge in [-0.2, -0.15) is 0 Å². The Morgan fingerprint density at radius 1 is 1.10 bits per heavy atom. The van der Waals surface area contributed by atoms with E-state index in [1.54, 1.807) is 0 Å². The van der Waals surface area contributed by atoms with E-state index in [1.165, 1.54) is 0 Å². The van der Waals surface area contributed by atoms with Crippen molar-refractivity contribution < 1.29 is 14.7 Å². The number of carbonyl (C=O) groups is 2. The molecule has 0 bridgehead atoms. The van der Waals surface area contributed by atoms with Crippen LogP contribution < -0.4 is 0 Å². The maximum absolute atomic E-state index is 12.4. The summed E-state index contributed by atoms with van der Waals surface area (Å²) in [5, 5.41) is 9.01. The molecule has 1 saturated heterocycles. The third-order valence-electron chi connectivity index (χ3n) is 4.44. The average molecular weight is 282 g/mol. The number of carboxylic acid groups (broad SMARTS) is 1.